The van der Waals surface area contributed by atoms with Crippen LogP contribution in [0.5, 0.6) is 0 Å². The molecule has 8 heteroatoms. The molecule has 0 bridgehead atoms. The van der Waals surface area contributed by atoms with E-state index in [2.05, 4.69) is 5.10 Å². The molecule has 0 unspecified atom stereocenters. The van der Waals surface area contributed by atoms with Gasteiger partial charge in [0.25, 0.3) is 0 Å². The molecule has 0 aliphatic rings. The standard InChI is InChI=1S/C13H17FN4O2S/c1-17(9-11-4-2-3-5-13(11)14)21(19,20)12-8-16-18(10-12)7-6-15/h2-5,8,10H,6-7,9,15H2,1H3. The van der Waals surface area contributed by atoms with E-state index < -0.39 is 15.8 Å². The summed E-state index contributed by atoms with van der Waals surface area (Å²) in [7, 11) is -2.30. The van der Waals surface area contributed by atoms with Crippen LogP contribution >= 0.6 is 0 Å². The van der Waals surface area contributed by atoms with Gasteiger partial charge in [0.05, 0.1) is 12.7 Å². The topological polar surface area (TPSA) is 81.2 Å². The van der Waals surface area contributed by atoms with Crippen molar-refractivity contribution in [1.29, 1.82) is 0 Å². The molecule has 0 atom stereocenters. The van der Waals surface area contributed by atoms with E-state index in [-0.39, 0.29) is 11.4 Å². The van der Waals surface area contributed by atoms with Gasteiger partial charge in [-0.3, -0.25) is 4.68 Å². The smallest absolute Gasteiger partial charge is 0.246 e. The highest BCUT2D eigenvalue weighted by Gasteiger charge is 2.23. The first kappa shape index (κ1) is 15.6. The lowest BCUT2D eigenvalue weighted by Crippen LogP contribution is -2.26. The molecule has 1 aromatic carbocycles. The molecular weight excluding hydrogens is 295 g/mol. The maximum Gasteiger partial charge on any atom is 0.246 e. The Morgan fingerprint density at radius 2 is 2.10 bits per heavy atom. The fourth-order valence-corrected chi connectivity index (χ4v) is 2.97. The summed E-state index contributed by atoms with van der Waals surface area (Å²) in [6, 6.07) is 6.08. The third-order valence-electron chi connectivity index (χ3n) is 3.03. The number of hydrogen-bond acceptors (Lipinski definition) is 4. The maximum atomic E-state index is 13.6. The molecule has 6 nitrogen and oxygen atoms in total. The summed E-state index contributed by atoms with van der Waals surface area (Å²) >= 11 is 0. The Labute approximate surface area is 123 Å². The van der Waals surface area contributed by atoms with E-state index in [1.54, 1.807) is 18.2 Å². The number of nitrogens with two attached hydrogens (primary N) is 1. The Hall–Kier alpha value is -1.77. The summed E-state index contributed by atoms with van der Waals surface area (Å²) in [6.45, 7) is 0.760. The summed E-state index contributed by atoms with van der Waals surface area (Å²) in [5.41, 5.74) is 5.71. The minimum Gasteiger partial charge on any atom is -0.329 e. The van der Waals surface area contributed by atoms with Gasteiger partial charge in [0.1, 0.15) is 10.7 Å². The molecule has 2 aromatic rings. The Kier molecular flexibility index (Phi) is 4.71. The lowest BCUT2D eigenvalue weighted by molar-refractivity contribution is 0.456. The first-order valence-electron chi connectivity index (χ1n) is 6.37. The van der Waals surface area contributed by atoms with Crippen molar-refractivity contribution in [2.24, 2.45) is 5.73 Å². The van der Waals surface area contributed by atoms with Crippen molar-refractivity contribution in [3.63, 3.8) is 0 Å². The number of sulfonamides is 1. The van der Waals surface area contributed by atoms with Crippen LogP contribution in [0.3, 0.4) is 0 Å². The molecular formula is C13H17FN4O2S. The van der Waals surface area contributed by atoms with Crippen molar-refractivity contribution in [1.82, 2.24) is 14.1 Å². The third kappa shape index (κ3) is 3.46. The lowest BCUT2D eigenvalue weighted by Gasteiger charge is -2.16. The molecule has 0 aliphatic heterocycles. The third-order valence-corrected chi connectivity index (χ3v) is 4.78. The Morgan fingerprint density at radius 3 is 2.76 bits per heavy atom. The van der Waals surface area contributed by atoms with Crippen LogP contribution < -0.4 is 5.73 Å². The van der Waals surface area contributed by atoms with Gasteiger partial charge in [0, 0.05) is 31.9 Å². The predicted octanol–water partition coefficient (Wildman–Crippen LogP) is 0.802. The molecule has 0 saturated carbocycles. The van der Waals surface area contributed by atoms with E-state index >= 15 is 0 Å². The van der Waals surface area contributed by atoms with Gasteiger partial charge in [-0.15, -0.1) is 0 Å². The van der Waals surface area contributed by atoms with Gasteiger partial charge < -0.3 is 5.73 Å². The van der Waals surface area contributed by atoms with Crippen LogP contribution in [-0.2, 0) is 23.1 Å². The summed E-state index contributed by atoms with van der Waals surface area (Å²) in [4.78, 5) is 0.0646. The van der Waals surface area contributed by atoms with Crippen LogP contribution in [0.25, 0.3) is 0 Å². The average Bonchev–Trinajstić information content (AvgIpc) is 2.91. The highest BCUT2D eigenvalue weighted by Crippen LogP contribution is 2.17. The van der Waals surface area contributed by atoms with Crippen LogP contribution in [-0.4, -0.2) is 36.1 Å². The van der Waals surface area contributed by atoms with Gasteiger partial charge in [0.2, 0.25) is 10.0 Å². The molecule has 0 radical (unpaired) electrons. The number of aromatic nitrogens is 2. The molecule has 0 amide bonds. The normalized spacial score (nSPS) is 12.0. The van der Waals surface area contributed by atoms with Gasteiger partial charge >= 0.3 is 0 Å². The Bertz CT molecular complexity index is 714. The van der Waals surface area contributed by atoms with Crippen molar-refractivity contribution < 1.29 is 12.8 Å². The molecule has 1 heterocycles. The molecule has 0 spiro atoms. The van der Waals surface area contributed by atoms with Crippen LogP contribution in [0.1, 0.15) is 5.56 Å². The summed E-state index contributed by atoms with van der Waals surface area (Å²) < 4.78 is 40.9. The summed E-state index contributed by atoms with van der Waals surface area (Å²) in [6.07, 6.45) is 2.68. The first-order valence-corrected chi connectivity index (χ1v) is 7.81. The second-order valence-electron chi connectivity index (χ2n) is 4.58. The van der Waals surface area contributed by atoms with Crippen molar-refractivity contribution in [2.75, 3.05) is 13.6 Å². The molecule has 0 aliphatic carbocycles. The number of nitrogens with zero attached hydrogens (tertiary/aromatic N) is 3. The fourth-order valence-electron chi connectivity index (χ4n) is 1.86. The van der Waals surface area contributed by atoms with Crippen LogP contribution in [0.2, 0.25) is 0 Å². The van der Waals surface area contributed by atoms with E-state index in [0.717, 1.165) is 4.31 Å². The largest absolute Gasteiger partial charge is 0.329 e. The molecule has 2 rings (SSSR count). The molecule has 2 N–H and O–H groups in total. The number of rotatable bonds is 6. The van der Waals surface area contributed by atoms with E-state index in [9.17, 15) is 12.8 Å². The Balaban J connectivity index is 2.20. The van der Waals surface area contributed by atoms with Gasteiger partial charge in [-0.25, -0.2) is 12.8 Å². The fraction of sp³-hybridized carbons (Fsp3) is 0.308. The number of benzene rings is 1. The highest BCUT2D eigenvalue weighted by molar-refractivity contribution is 7.89. The van der Waals surface area contributed by atoms with Crippen LogP contribution in [0.4, 0.5) is 4.39 Å². The first-order chi connectivity index (χ1) is 9.95. The van der Waals surface area contributed by atoms with Gasteiger partial charge in [-0.1, -0.05) is 18.2 Å². The quantitative estimate of drug-likeness (QED) is 0.855. The lowest BCUT2D eigenvalue weighted by atomic mass is 10.2. The summed E-state index contributed by atoms with van der Waals surface area (Å²) in [5.74, 6) is -0.432. The van der Waals surface area contributed by atoms with Crippen molar-refractivity contribution in [2.45, 2.75) is 18.0 Å². The van der Waals surface area contributed by atoms with Gasteiger partial charge in [-0.05, 0) is 6.07 Å². The van der Waals surface area contributed by atoms with E-state index in [0.29, 0.717) is 18.7 Å². The zero-order valence-electron chi connectivity index (χ0n) is 11.6. The highest BCUT2D eigenvalue weighted by atomic mass is 32.2. The van der Waals surface area contributed by atoms with Crippen molar-refractivity contribution >= 4 is 10.0 Å². The number of hydrogen-bond donors (Lipinski definition) is 1. The van der Waals surface area contributed by atoms with Gasteiger partial charge in [-0.2, -0.15) is 9.40 Å². The second kappa shape index (κ2) is 6.33. The SMILES string of the molecule is CN(Cc1ccccc1F)S(=O)(=O)c1cnn(CCN)c1. The zero-order valence-corrected chi connectivity index (χ0v) is 12.4. The average molecular weight is 312 g/mol. The van der Waals surface area contributed by atoms with Crippen LogP contribution in [0, 0.1) is 5.82 Å². The number of halogens is 1. The van der Waals surface area contributed by atoms with Gasteiger partial charge in [0.15, 0.2) is 0 Å². The summed E-state index contributed by atoms with van der Waals surface area (Å²) in [5, 5.41) is 3.94. The minimum absolute atomic E-state index is 0.0446. The van der Waals surface area contributed by atoms with E-state index in [1.807, 2.05) is 0 Å². The molecule has 114 valence electrons. The van der Waals surface area contributed by atoms with E-state index in [4.69, 9.17) is 5.73 Å². The van der Waals surface area contributed by atoms with Crippen LogP contribution in [0.15, 0.2) is 41.6 Å². The van der Waals surface area contributed by atoms with Crippen molar-refractivity contribution in [3.05, 3.63) is 48.0 Å². The molecule has 21 heavy (non-hydrogen) atoms. The Morgan fingerprint density at radius 1 is 1.38 bits per heavy atom. The maximum absolute atomic E-state index is 13.6. The molecule has 0 saturated heterocycles. The predicted molar refractivity (Wildman–Crippen MR) is 76.3 cm³/mol. The molecule has 0 fully saturated rings. The second-order valence-corrected chi connectivity index (χ2v) is 6.63. The minimum atomic E-state index is -3.71. The molecule has 1 aromatic heterocycles. The monoisotopic (exact) mass is 312 g/mol. The van der Waals surface area contributed by atoms with Crippen molar-refractivity contribution in [3.8, 4) is 0 Å². The van der Waals surface area contributed by atoms with E-state index in [1.165, 1.54) is 30.2 Å². The zero-order chi connectivity index (χ0) is 15.5.